The van der Waals surface area contributed by atoms with Gasteiger partial charge < -0.3 is 15.4 Å². The Morgan fingerprint density at radius 2 is 2.14 bits per heavy atom. The molecule has 0 fully saturated rings. The largest absolute Gasteiger partial charge is 0.382 e. The van der Waals surface area contributed by atoms with Gasteiger partial charge in [-0.25, -0.2) is 4.99 Å². The van der Waals surface area contributed by atoms with E-state index < -0.39 is 0 Å². The molecule has 0 aliphatic carbocycles. The number of pyridine rings is 1. The second-order valence-electron chi connectivity index (χ2n) is 4.44. The van der Waals surface area contributed by atoms with Crippen LogP contribution in [0.25, 0.3) is 0 Å². The number of aromatic nitrogens is 1. The molecule has 1 rings (SSSR count). The van der Waals surface area contributed by atoms with Crippen LogP contribution < -0.4 is 10.6 Å². The quantitative estimate of drug-likeness (QED) is 0.302. The lowest BCUT2D eigenvalue weighted by molar-refractivity contribution is 0.145. The van der Waals surface area contributed by atoms with E-state index in [1.165, 1.54) is 5.56 Å². The normalized spacial score (nSPS) is 10.9. The third-order valence-corrected chi connectivity index (χ3v) is 2.81. The third kappa shape index (κ3) is 8.87. The number of guanidine groups is 1. The number of aliphatic imine (C=N–C) groups is 1. The molecule has 1 aromatic heterocycles. The van der Waals surface area contributed by atoms with Crippen molar-refractivity contribution in [1.82, 2.24) is 15.6 Å². The van der Waals surface area contributed by atoms with Crippen LogP contribution in [-0.4, -0.2) is 37.2 Å². The van der Waals surface area contributed by atoms with Gasteiger partial charge in [-0.05, 0) is 38.8 Å². The zero-order chi connectivity index (χ0) is 14.6. The molecule has 5 nitrogen and oxygen atoms in total. The molecule has 1 aromatic rings. The number of hydrogen-bond acceptors (Lipinski definition) is 3. The highest BCUT2D eigenvalue weighted by Gasteiger charge is 2.00. The van der Waals surface area contributed by atoms with Crippen molar-refractivity contribution >= 4 is 29.9 Å². The molecule has 0 unspecified atom stereocenters. The van der Waals surface area contributed by atoms with E-state index in [9.17, 15) is 0 Å². The smallest absolute Gasteiger partial charge is 0.191 e. The van der Waals surface area contributed by atoms with E-state index >= 15 is 0 Å². The van der Waals surface area contributed by atoms with Gasteiger partial charge in [0.2, 0.25) is 0 Å². The lowest BCUT2D eigenvalue weighted by atomic mass is 10.2. The molecule has 0 radical (unpaired) electrons. The van der Waals surface area contributed by atoms with Gasteiger partial charge in [0, 0.05) is 32.5 Å². The Morgan fingerprint density at radius 3 is 2.81 bits per heavy atom. The van der Waals surface area contributed by atoms with Gasteiger partial charge in [0.1, 0.15) is 0 Å². The molecule has 120 valence electrons. The second kappa shape index (κ2) is 12.8. The average Bonchev–Trinajstić information content (AvgIpc) is 2.46. The molecule has 0 spiro atoms. The van der Waals surface area contributed by atoms with Crippen molar-refractivity contribution in [2.24, 2.45) is 4.99 Å². The van der Waals surface area contributed by atoms with Crippen LogP contribution in [0.2, 0.25) is 0 Å². The minimum absolute atomic E-state index is 0. The number of nitrogens with zero attached hydrogens (tertiary/aromatic N) is 2. The zero-order valence-corrected chi connectivity index (χ0v) is 15.5. The van der Waals surface area contributed by atoms with Crippen molar-refractivity contribution in [1.29, 1.82) is 0 Å². The molecule has 2 N–H and O–H groups in total. The predicted octanol–water partition coefficient (Wildman–Crippen LogP) is 2.49. The lowest BCUT2D eigenvalue weighted by Gasteiger charge is -2.11. The van der Waals surface area contributed by atoms with E-state index in [1.54, 1.807) is 6.20 Å². The summed E-state index contributed by atoms with van der Waals surface area (Å²) in [7, 11) is 0. The first-order valence-electron chi connectivity index (χ1n) is 7.28. The highest BCUT2D eigenvalue weighted by molar-refractivity contribution is 14.0. The number of hydrogen-bond donors (Lipinski definition) is 2. The van der Waals surface area contributed by atoms with Crippen LogP contribution in [0.4, 0.5) is 0 Å². The number of rotatable bonds is 8. The summed E-state index contributed by atoms with van der Waals surface area (Å²) in [6.45, 7) is 9.96. The van der Waals surface area contributed by atoms with Gasteiger partial charge >= 0.3 is 0 Å². The number of nitrogens with one attached hydrogen (secondary N) is 2. The Kier molecular flexibility index (Phi) is 12.3. The van der Waals surface area contributed by atoms with E-state index in [0.717, 1.165) is 44.4 Å². The zero-order valence-electron chi connectivity index (χ0n) is 13.2. The maximum Gasteiger partial charge on any atom is 0.191 e. The van der Waals surface area contributed by atoms with Gasteiger partial charge in [0.05, 0.1) is 12.2 Å². The molecule has 0 bridgehead atoms. The molecular formula is C15H27IN4O. The van der Waals surface area contributed by atoms with Crippen LogP contribution in [0.15, 0.2) is 23.3 Å². The molecule has 0 amide bonds. The molecule has 0 saturated heterocycles. The first-order valence-corrected chi connectivity index (χ1v) is 7.28. The van der Waals surface area contributed by atoms with Crippen molar-refractivity contribution < 1.29 is 4.74 Å². The summed E-state index contributed by atoms with van der Waals surface area (Å²) < 4.78 is 5.31. The Bertz CT molecular complexity index is 412. The minimum atomic E-state index is 0. The first kappa shape index (κ1) is 20.1. The highest BCUT2D eigenvalue weighted by Crippen LogP contribution is 2.04. The molecule has 0 aliphatic rings. The van der Waals surface area contributed by atoms with Crippen molar-refractivity contribution in [3.8, 4) is 0 Å². The van der Waals surface area contributed by atoms with Crippen molar-refractivity contribution in [2.45, 2.75) is 33.7 Å². The van der Waals surface area contributed by atoms with E-state index in [2.05, 4.69) is 40.5 Å². The molecule has 0 aromatic carbocycles. The predicted molar refractivity (Wildman–Crippen MR) is 98.3 cm³/mol. The van der Waals surface area contributed by atoms with Crippen LogP contribution >= 0.6 is 24.0 Å². The van der Waals surface area contributed by atoms with Gasteiger partial charge in [-0.15, -0.1) is 24.0 Å². The Labute approximate surface area is 145 Å². The van der Waals surface area contributed by atoms with Crippen molar-refractivity contribution in [2.75, 3.05) is 26.3 Å². The minimum Gasteiger partial charge on any atom is -0.382 e. The third-order valence-electron chi connectivity index (χ3n) is 2.81. The van der Waals surface area contributed by atoms with Crippen LogP contribution in [-0.2, 0) is 11.3 Å². The topological polar surface area (TPSA) is 58.5 Å². The lowest BCUT2D eigenvalue weighted by Crippen LogP contribution is -2.38. The van der Waals surface area contributed by atoms with E-state index in [1.807, 2.05) is 13.0 Å². The molecular weight excluding hydrogens is 379 g/mol. The molecule has 21 heavy (non-hydrogen) atoms. The first-order chi connectivity index (χ1) is 9.77. The van der Waals surface area contributed by atoms with E-state index in [0.29, 0.717) is 6.54 Å². The summed E-state index contributed by atoms with van der Waals surface area (Å²) in [4.78, 5) is 8.90. The van der Waals surface area contributed by atoms with Gasteiger partial charge in [-0.1, -0.05) is 6.07 Å². The Hall–Kier alpha value is -0.890. The fourth-order valence-corrected chi connectivity index (χ4v) is 1.70. The summed E-state index contributed by atoms with van der Waals surface area (Å²) >= 11 is 0. The van der Waals surface area contributed by atoms with E-state index in [-0.39, 0.29) is 24.0 Å². The van der Waals surface area contributed by atoms with Crippen LogP contribution in [0.3, 0.4) is 0 Å². The van der Waals surface area contributed by atoms with Crippen LogP contribution in [0.1, 0.15) is 31.5 Å². The average molecular weight is 406 g/mol. The molecule has 0 saturated carbocycles. The highest BCUT2D eigenvalue weighted by atomic mass is 127. The number of halogens is 1. The standard InChI is InChI=1S/C15H26N4O.HI/c1-4-16-15(18-10-7-11-20-5-2)19-12-14-13(3)8-6-9-17-14;/h6,8-9H,4-5,7,10-12H2,1-3H3,(H2,16,18,19);1H. The van der Waals surface area contributed by atoms with Gasteiger partial charge in [0.15, 0.2) is 5.96 Å². The Balaban J connectivity index is 0.00000400. The van der Waals surface area contributed by atoms with Crippen molar-refractivity contribution in [3.05, 3.63) is 29.6 Å². The second-order valence-corrected chi connectivity index (χ2v) is 4.44. The van der Waals surface area contributed by atoms with E-state index in [4.69, 9.17) is 4.74 Å². The van der Waals surface area contributed by atoms with Gasteiger partial charge in [-0.2, -0.15) is 0 Å². The summed E-state index contributed by atoms with van der Waals surface area (Å²) in [6, 6.07) is 4.00. The maximum absolute atomic E-state index is 5.31. The van der Waals surface area contributed by atoms with Gasteiger partial charge in [-0.3, -0.25) is 4.98 Å². The van der Waals surface area contributed by atoms with Crippen LogP contribution in [0, 0.1) is 6.92 Å². The summed E-state index contributed by atoms with van der Waals surface area (Å²) in [5.41, 5.74) is 2.18. The summed E-state index contributed by atoms with van der Waals surface area (Å²) in [5, 5.41) is 6.53. The molecule has 0 atom stereocenters. The SMILES string of the molecule is CCNC(=NCc1ncccc1C)NCCCOCC.I. The summed E-state index contributed by atoms with van der Waals surface area (Å²) in [5.74, 6) is 0.828. The molecule has 6 heteroatoms. The Morgan fingerprint density at radius 1 is 1.33 bits per heavy atom. The summed E-state index contributed by atoms with van der Waals surface area (Å²) in [6.07, 6.45) is 2.78. The van der Waals surface area contributed by atoms with Gasteiger partial charge in [0.25, 0.3) is 0 Å². The fraction of sp³-hybridized carbons (Fsp3) is 0.600. The fourth-order valence-electron chi connectivity index (χ4n) is 1.70. The van der Waals surface area contributed by atoms with Crippen molar-refractivity contribution in [3.63, 3.8) is 0 Å². The number of aryl methyl sites for hydroxylation is 1. The van der Waals surface area contributed by atoms with Crippen LogP contribution in [0.5, 0.6) is 0 Å². The molecule has 1 heterocycles. The monoisotopic (exact) mass is 406 g/mol. The molecule has 0 aliphatic heterocycles. The maximum atomic E-state index is 5.31. The number of ether oxygens (including phenoxy) is 1.